The fraction of sp³-hybridized carbons (Fsp3) is 0.300. The van der Waals surface area contributed by atoms with E-state index in [-0.39, 0.29) is 0 Å². The number of halogens is 1. The van der Waals surface area contributed by atoms with Crippen LogP contribution in [0.1, 0.15) is 18.4 Å². The van der Waals surface area contributed by atoms with E-state index in [1.807, 2.05) is 0 Å². The molecule has 1 aromatic carbocycles. The molecule has 0 fully saturated rings. The highest BCUT2D eigenvalue weighted by atomic mass is 79.9. The Hall–Kier alpha value is 0.0500. The van der Waals surface area contributed by atoms with E-state index >= 15 is 0 Å². The largest absolute Gasteiger partial charge is 0.128 e. The lowest BCUT2D eigenvalue weighted by atomic mass is 10.0. The quantitative estimate of drug-likeness (QED) is 0.705. The van der Waals surface area contributed by atoms with Gasteiger partial charge in [0.05, 0.1) is 0 Å². The molecule has 0 aliphatic carbocycles. The standard InChI is InChI=1S/C10H12BrS/c1-7(2)8-4-5-10(12-3)9(11)6-8/h4-7H,1H2,2-3H3. The third-order valence-electron chi connectivity index (χ3n) is 1.74. The molecule has 0 nitrogen and oxygen atoms in total. The molecule has 0 aromatic heterocycles. The van der Waals surface area contributed by atoms with Crippen molar-refractivity contribution in [2.24, 2.45) is 0 Å². The predicted octanol–water partition coefficient (Wildman–Crippen LogP) is 4.11. The van der Waals surface area contributed by atoms with Gasteiger partial charge >= 0.3 is 0 Å². The van der Waals surface area contributed by atoms with Gasteiger partial charge in [0.2, 0.25) is 0 Å². The van der Waals surface area contributed by atoms with Gasteiger partial charge in [0.1, 0.15) is 0 Å². The van der Waals surface area contributed by atoms with Crippen LogP contribution in [-0.4, -0.2) is 6.26 Å². The van der Waals surface area contributed by atoms with Gasteiger partial charge in [-0.1, -0.05) is 13.0 Å². The molecule has 2 heteroatoms. The lowest BCUT2D eigenvalue weighted by Gasteiger charge is -2.07. The normalized spacial score (nSPS) is 10.8. The van der Waals surface area contributed by atoms with E-state index in [9.17, 15) is 0 Å². The lowest BCUT2D eigenvalue weighted by molar-refractivity contribution is 0.958. The maximum Gasteiger partial charge on any atom is 0.0313 e. The number of rotatable bonds is 2. The molecular weight excluding hydrogens is 232 g/mol. The third-order valence-corrected chi connectivity index (χ3v) is 3.46. The lowest BCUT2D eigenvalue weighted by Crippen LogP contribution is -1.87. The average molecular weight is 244 g/mol. The zero-order chi connectivity index (χ0) is 9.14. The molecule has 0 aliphatic heterocycles. The number of thioether (sulfide) groups is 1. The smallest absolute Gasteiger partial charge is 0.0313 e. The van der Waals surface area contributed by atoms with Gasteiger partial charge in [0.15, 0.2) is 0 Å². The molecule has 0 heterocycles. The monoisotopic (exact) mass is 243 g/mol. The van der Waals surface area contributed by atoms with Crippen molar-refractivity contribution in [3.8, 4) is 0 Å². The van der Waals surface area contributed by atoms with Crippen LogP contribution >= 0.6 is 27.7 Å². The van der Waals surface area contributed by atoms with Crippen LogP contribution in [0.25, 0.3) is 0 Å². The van der Waals surface area contributed by atoms with Crippen molar-refractivity contribution in [3.05, 3.63) is 35.2 Å². The maximum atomic E-state index is 3.98. The number of benzene rings is 1. The first kappa shape index (κ1) is 10.1. The summed E-state index contributed by atoms with van der Waals surface area (Å²) in [5.74, 6) is 0.359. The van der Waals surface area contributed by atoms with Gasteiger partial charge in [-0.2, -0.15) is 0 Å². The van der Waals surface area contributed by atoms with E-state index in [4.69, 9.17) is 0 Å². The molecule has 1 rings (SSSR count). The van der Waals surface area contributed by atoms with Crippen molar-refractivity contribution in [2.45, 2.75) is 17.7 Å². The summed E-state index contributed by atoms with van der Waals surface area (Å²) in [7, 11) is 0. The molecule has 0 saturated heterocycles. The molecule has 0 spiro atoms. The molecule has 1 radical (unpaired) electrons. The van der Waals surface area contributed by atoms with E-state index in [2.05, 4.69) is 54.2 Å². The van der Waals surface area contributed by atoms with Crippen LogP contribution in [0.3, 0.4) is 0 Å². The highest BCUT2D eigenvalue weighted by molar-refractivity contribution is 9.10. The minimum Gasteiger partial charge on any atom is -0.128 e. The topological polar surface area (TPSA) is 0 Å². The molecule has 0 saturated carbocycles. The molecule has 1 aromatic rings. The second-order valence-corrected chi connectivity index (χ2v) is 4.50. The van der Waals surface area contributed by atoms with Crippen LogP contribution in [0.15, 0.2) is 27.6 Å². The fourth-order valence-corrected chi connectivity index (χ4v) is 2.33. The van der Waals surface area contributed by atoms with Crippen LogP contribution in [0.2, 0.25) is 0 Å². The first-order valence-corrected chi connectivity index (χ1v) is 5.83. The van der Waals surface area contributed by atoms with Crippen LogP contribution in [0, 0.1) is 6.92 Å². The second-order valence-electron chi connectivity index (χ2n) is 2.80. The summed E-state index contributed by atoms with van der Waals surface area (Å²) in [5, 5.41) is 0. The van der Waals surface area contributed by atoms with Crippen molar-refractivity contribution in [1.29, 1.82) is 0 Å². The van der Waals surface area contributed by atoms with Gasteiger partial charge < -0.3 is 0 Å². The van der Waals surface area contributed by atoms with Gasteiger partial charge in [-0.15, -0.1) is 11.8 Å². The van der Waals surface area contributed by atoms with E-state index < -0.39 is 0 Å². The van der Waals surface area contributed by atoms with Crippen molar-refractivity contribution >= 4 is 27.7 Å². The second kappa shape index (κ2) is 4.33. The summed E-state index contributed by atoms with van der Waals surface area (Å²) in [6.45, 7) is 6.08. The van der Waals surface area contributed by atoms with Gasteiger partial charge in [-0.3, -0.25) is 0 Å². The molecule has 1 unspecified atom stereocenters. The van der Waals surface area contributed by atoms with E-state index in [1.165, 1.54) is 14.9 Å². The highest BCUT2D eigenvalue weighted by Crippen LogP contribution is 2.28. The number of hydrogen-bond acceptors (Lipinski definition) is 1. The fourth-order valence-electron chi connectivity index (χ4n) is 0.989. The summed E-state index contributed by atoms with van der Waals surface area (Å²) >= 11 is 5.28. The van der Waals surface area contributed by atoms with Crippen molar-refractivity contribution in [2.75, 3.05) is 6.26 Å². The van der Waals surface area contributed by atoms with Crippen molar-refractivity contribution in [3.63, 3.8) is 0 Å². The Morgan fingerprint density at radius 1 is 1.50 bits per heavy atom. The van der Waals surface area contributed by atoms with Gasteiger partial charge in [0, 0.05) is 9.37 Å². The first-order chi connectivity index (χ1) is 5.65. The van der Waals surface area contributed by atoms with Crippen molar-refractivity contribution < 1.29 is 0 Å². The Morgan fingerprint density at radius 2 is 2.17 bits per heavy atom. The Bertz CT molecular complexity index is 269. The molecule has 0 N–H and O–H groups in total. The zero-order valence-electron chi connectivity index (χ0n) is 7.30. The van der Waals surface area contributed by atoms with Crippen LogP contribution < -0.4 is 0 Å². The Balaban J connectivity index is 3.02. The molecule has 0 amide bonds. The molecule has 1 atom stereocenters. The van der Waals surface area contributed by atoms with Gasteiger partial charge in [-0.05, 0) is 52.7 Å². The van der Waals surface area contributed by atoms with Crippen LogP contribution in [0.5, 0.6) is 0 Å². The predicted molar refractivity (Wildman–Crippen MR) is 59.7 cm³/mol. The summed E-state index contributed by atoms with van der Waals surface area (Å²) in [4.78, 5) is 1.28. The van der Waals surface area contributed by atoms with Crippen molar-refractivity contribution in [1.82, 2.24) is 0 Å². The van der Waals surface area contributed by atoms with E-state index in [0.717, 1.165) is 0 Å². The summed E-state index contributed by atoms with van der Waals surface area (Å²) in [6, 6.07) is 6.41. The molecule has 0 bridgehead atoms. The van der Waals surface area contributed by atoms with Gasteiger partial charge in [-0.25, -0.2) is 0 Å². The first-order valence-electron chi connectivity index (χ1n) is 3.81. The molecular formula is C10H12BrS. The minimum atomic E-state index is 0.359. The average Bonchev–Trinajstić information content (AvgIpc) is 2.04. The third kappa shape index (κ3) is 2.27. The minimum absolute atomic E-state index is 0.359. The number of hydrogen-bond donors (Lipinski definition) is 0. The molecule has 0 aliphatic rings. The highest BCUT2D eigenvalue weighted by Gasteiger charge is 2.02. The Kier molecular flexibility index (Phi) is 3.66. The molecule has 65 valence electrons. The molecule has 12 heavy (non-hydrogen) atoms. The Labute approximate surface area is 86.9 Å². The van der Waals surface area contributed by atoms with E-state index in [1.54, 1.807) is 11.8 Å². The van der Waals surface area contributed by atoms with Gasteiger partial charge in [0.25, 0.3) is 0 Å². The van der Waals surface area contributed by atoms with Crippen LogP contribution in [-0.2, 0) is 0 Å². The summed E-state index contributed by atoms with van der Waals surface area (Å²) in [6.07, 6.45) is 2.08. The maximum absolute atomic E-state index is 3.98. The SMILES string of the molecule is [CH2]C(C)c1ccc(SC)c(Br)c1. The summed E-state index contributed by atoms with van der Waals surface area (Å²) in [5.41, 5.74) is 1.28. The van der Waals surface area contributed by atoms with E-state index in [0.29, 0.717) is 5.92 Å². The van der Waals surface area contributed by atoms with Crippen LogP contribution in [0.4, 0.5) is 0 Å². The Morgan fingerprint density at radius 3 is 2.58 bits per heavy atom. The zero-order valence-corrected chi connectivity index (χ0v) is 9.71. The summed E-state index contributed by atoms with van der Waals surface area (Å²) < 4.78 is 1.17.